The van der Waals surface area contributed by atoms with Crippen molar-refractivity contribution in [3.63, 3.8) is 0 Å². The van der Waals surface area contributed by atoms with E-state index in [1.54, 1.807) is 6.92 Å². The fraction of sp³-hybridized carbons (Fsp3) is 0.273. The van der Waals surface area contributed by atoms with Crippen LogP contribution in [0.1, 0.15) is 29.4 Å². The van der Waals surface area contributed by atoms with Gasteiger partial charge in [0.05, 0.1) is 11.4 Å². The lowest BCUT2D eigenvalue weighted by Gasteiger charge is -2.28. The number of hydrogen-bond acceptors (Lipinski definition) is 2. The van der Waals surface area contributed by atoms with E-state index in [4.69, 9.17) is 0 Å². The van der Waals surface area contributed by atoms with Crippen molar-refractivity contribution in [1.82, 2.24) is 14.7 Å². The van der Waals surface area contributed by atoms with E-state index in [0.29, 0.717) is 6.54 Å². The molecular weight excluding hydrogens is 322 g/mol. The molecule has 0 aliphatic carbocycles. The van der Waals surface area contributed by atoms with Gasteiger partial charge in [0.2, 0.25) is 5.91 Å². The fourth-order valence-electron chi connectivity index (χ4n) is 3.69. The summed E-state index contributed by atoms with van der Waals surface area (Å²) in [5, 5.41) is 4.54. The molecule has 4 heteroatoms. The van der Waals surface area contributed by atoms with E-state index in [9.17, 15) is 4.79 Å². The Morgan fingerprint density at radius 1 is 0.962 bits per heavy atom. The van der Waals surface area contributed by atoms with Crippen molar-refractivity contribution in [2.24, 2.45) is 0 Å². The van der Waals surface area contributed by atoms with Crippen molar-refractivity contribution in [2.75, 3.05) is 6.54 Å². The van der Waals surface area contributed by atoms with Crippen LogP contribution in [0.4, 0.5) is 0 Å². The van der Waals surface area contributed by atoms with Gasteiger partial charge in [-0.15, -0.1) is 0 Å². The first-order chi connectivity index (χ1) is 12.5. The van der Waals surface area contributed by atoms with Crippen molar-refractivity contribution >= 4 is 5.91 Å². The Balaban J connectivity index is 1.63. The second-order valence-corrected chi connectivity index (χ2v) is 7.06. The molecule has 2 heterocycles. The molecule has 0 saturated heterocycles. The normalized spacial score (nSPS) is 13.6. The molecule has 1 aliphatic heterocycles. The average molecular weight is 345 g/mol. The molecule has 0 saturated carbocycles. The van der Waals surface area contributed by atoms with Crippen LogP contribution >= 0.6 is 0 Å². The molecule has 0 N–H and O–H groups in total. The molecule has 0 bridgehead atoms. The molecule has 132 valence electrons. The molecule has 1 aromatic heterocycles. The second-order valence-electron chi connectivity index (χ2n) is 7.06. The third-order valence-corrected chi connectivity index (χ3v) is 5.12. The first-order valence-electron chi connectivity index (χ1n) is 9.02. The Kier molecular flexibility index (Phi) is 4.11. The summed E-state index contributed by atoms with van der Waals surface area (Å²) in [4.78, 5) is 13.6. The highest BCUT2D eigenvalue weighted by atomic mass is 16.2. The van der Waals surface area contributed by atoms with Crippen molar-refractivity contribution in [3.05, 3.63) is 71.0 Å². The zero-order valence-electron chi connectivity index (χ0n) is 15.5. The van der Waals surface area contributed by atoms with Crippen LogP contribution < -0.4 is 0 Å². The lowest BCUT2D eigenvalue weighted by Crippen LogP contribution is -2.34. The molecule has 0 atom stereocenters. The highest BCUT2D eigenvalue weighted by molar-refractivity contribution is 5.74. The fourth-order valence-corrected chi connectivity index (χ4v) is 3.69. The van der Waals surface area contributed by atoms with Gasteiger partial charge in [-0.3, -0.25) is 4.79 Å². The highest BCUT2D eigenvalue weighted by Crippen LogP contribution is 2.27. The van der Waals surface area contributed by atoms with E-state index in [1.165, 1.54) is 22.3 Å². The molecule has 26 heavy (non-hydrogen) atoms. The first-order valence-corrected chi connectivity index (χ1v) is 9.02. The summed E-state index contributed by atoms with van der Waals surface area (Å²) in [6.45, 7) is 7.25. The smallest absolute Gasteiger partial charge is 0.219 e. The molecule has 1 aliphatic rings. The van der Waals surface area contributed by atoms with Crippen LogP contribution in [0, 0.1) is 13.8 Å². The molecule has 0 spiro atoms. The van der Waals surface area contributed by atoms with Crippen LogP contribution in [-0.2, 0) is 17.8 Å². The van der Waals surface area contributed by atoms with Gasteiger partial charge in [-0.1, -0.05) is 24.3 Å². The van der Waals surface area contributed by atoms with E-state index in [1.807, 2.05) is 16.5 Å². The average Bonchev–Trinajstić information content (AvgIpc) is 2.99. The summed E-state index contributed by atoms with van der Waals surface area (Å²) in [5.74, 6) is 0.148. The van der Waals surface area contributed by atoms with Crippen molar-refractivity contribution in [2.45, 2.75) is 33.7 Å². The van der Waals surface area contributed by atoms with Crippen molar-refractivity contribution in [1.29, 1.82) is 0 Å². The third kappa shape index (κ3) is 3.03. The second kappa shape index (κ2) is 6.45. The number of carbonyl (C=O) groups excluding carboxylic acids is 1. The summed E-state index contributed by atoms with van der Waals surface area (Å²) in [6, 6.07) is 17.2. The van der Waals surface area contributed by atoms with Crippen LogP contribution in [-0.4, -0.2) is 27.1 Å². The van der Waals surface area contributed by atoms with Crippen LogP contribution in [0.3, 0.4) is 0 Å². The van der Waals surface area contributed by atoms with Gasteiger partial charge in [-0.25, -0.2) is 4.68 Å². The standard InChI is InChI=1S/C22H23N3O/c1-15-12-16(2)25(23-15)22-8-6-18(7-9-22)20-5-4-19-10-11-24(17(3)26)14-21(19)13-20/h4-9,12-13H,10-11,14H2,1-3H3. The largest absolute Gasteiger partial charge is 0.338 e. The summed E-state index contributed by atoms with van der Waals surface area (Å²) >= 11 is 0. The summed E-state index contributed by atoms with van der Waals surface area (Å²) in [7, 11) is 0. The van der Waals surface area contributed by atoms with Gasteiger partial charge in [-0.2, -0.15) is 5.10 Å². The number of aryl methyl sites for hydroxylation is 2. The van der Waals surface area contributed by atoms with Gasteiger partial charge in [0.15, 0.2) is 0 Å². The maximum absolute atomic E-state index is 11.7. The lowest BCUT2D eigenvalue weighted by molar-refractivity contribution is -0.129. The predicted octanol–water partition coefficient (Wildman–Crippen LogP) is 4.06. The SMILES string of the molecule is CC(=O)N1CCc2ccc(-c3ccc(-n4nc(C)cc4C)cc3)cc2C1. The zero-order chi connectivity index (χ0) is 18.3. The number of benzene rings is 2. The number of aromatic nitrogens is 2. The van der Waals surface area contributed by atoms with Crippen LogP contribution in [0.15, 0.2) is 48.5 Å². The predicted molar refractivity (Wildman–Crippen MR) is 103 cm³/mol. The van der Waals surface area contributed by atoms with E-state index >= 15 is 0 Å². The summed E-state index contributed by atoms with van der Waals surface area (Å²) in [5.41, 5.74) is 8.20. The topological polar surface area (TPSA) is 38.1 Å². The zero-order valence-corrected chi connectivity index (χ0v) is 15.5. The van der Waals surface area contributed by atoms with Gasteiger partial charge in [0, 0.05) is 25.7 Å². The Hall–Kier alpha value is -2.88. The minimum absolute atomic E-state index is 0.148. The number of amides is 1. The number of nitrogens with zero attached hydrogens (tertiary/aromatic N) is 3. The monoisotopic (exact) mass is 345 g/mol. The number of carbonyl (C=O) groups is 1. The molecule has 0 unspecified atom stereocenters. The Morgan fingerprint density at radius 2 is 1.69 bits per heavy atom. The number of fused-ring (bicyclic) bond motifs is 1. The quantitative estimate of drug-likeness (QED) is 0.702. The minimum Gasteiger partial charge on any atom is -0.338 e. The summed E-state index contributed by atoms with van der Waals surface area (Å²) in [6.07, 6.45) is 0.937. The van der Waals surface area contributed by atoms with Gasteiger partial charge in [0.1, 0.15) is 0 Å². The molecule has 0 radical (unpaired) electrons. The van der Waals surface area contributed by atoms with Crippen LogP contribution in [0.25, 0.3) is 16.8 Å². The van der Waals surface area contributed by atoms with Crippen LogP contribution in [0.2, 0.25) is 0 Å². The first kappa shape index (κ1) is 16.6. The molecule has 0 fully saturated rings. The number of rotatable bonds is 2. The number of hydrogen-bond donors (Lipinski definition) is 0. The van der Waals surface area contributed by atoms with Crippen molar-refractivity contribution in [3.8, 4) is 16.8 Å². The summed E-state index contributed by atoms with van der Waals surface area (Å²) < 4.78 is 1.97. The Labute approximate surface area is 154 Å². The Bertz CT molecular complexity index is 970. The maximum atomic E-state index is 11.7. The van der Waals surface area contributed by atoms with Gasteiger partial charge in [0.25, 0.3) is 0 Å². The van der Waals surface area contributed by atoms with E-state index < -0.39 is 0 Å². The highest BCUT2D eigenvalue weighted by Gasteiger charge is 2.18. The maximum Gasteiger partial charge on any atom is 0.219 e. The van der Waals surface area contributed by atoms with Crippen molar-refractivity contribution < 1.29 is 4.79 Å². The molecule has 2 aromatic carbocycles. The molecule has 4 nitrogen and oxygen atoms in total. The van der Waals surface area contributed by atoms with E-state index in [-0.39, 0.29) is 5.91 Å². The third-order valence-electron chi connectivity index (χ3n) is 5.12. The van der Waals surface area contributed by atoms with Gasteiger partial charge < -0.3 is 4.90 Å². The molecule has 3 aromatic rings. The van der Waals surface area contributed by atoms with Crippen LogP contribution in [0.5, 0.6) is 0 Å². The minimum atomic E-state index is 0.148. The lowest BCUT2D eigenvalue weighted by atomic mass is 9.94. The van der Waals surface area contributed by atoms with E-state index in [2.05, 4.69) is 60.6 Å². The van der Waals surface area contributed by atoms with Gasteiger partial charge >= 0.3 is 0 Å². The van der Waals surface area contributed by atoms with Gasteiger partial charge in [-0.05, 0) is 66.8 Å². The Morgan fingerprint density at radius 3 is 2.35 bits per heavy atom. The molecular formula is C22H23N3O. The molecule has 4 rings (SSSR count). The van der Waals surface area contributed by atoms with E-state index in [0.717, 1.165) is 30.0 Å². The molecule has 1 amide bonds.